The van der Waals surface area contributed by atoms with Crippen LogP contribution >= 0.6 is 0 Å². The number of nitrogens with zero attached hydrogens (tertiary/aromatic N) is 3. The number of carbonyl (C=O) groups is 1. The molecular formula is C23H24N4O2. The molecule has 2 aromatic carbocycles. The lowest BCUT2D eigenvalue weighted by Crippen LogP contribution is -2.25. The fourth-order valence-corrected chi connectivity index (χ4v) is 3.63. The van der Waals surface area contributed by atoms with E-state index < -0.39 is 0 Å². The molecule has 0 aliphatic carbocycles. The fourth-order valence-electron chi connectivity index (χ4n) is 3.63. The summed E-state index contributed by atoms with van der Waals surface area (Å²) in [4.78, 5) is 23.6. The number of carbonyl (C=O) groups excluding carboxylic acids is 1. The second kappa shape index (κ2) is 7.91. The van der Waals surface area contributed by atoms with Gasteiger partial charge in [-0.1, -0.05) is 30.3 Å². The van der Waals surface area contributed by atoms with Gasteiger partial charge >= 0.3 is 0 Å². The third kappa shape index (κ3) is 3.92. The van der Waals surface area contributed by atoms with Gasteiger partial charge in [-0.2, -0.15) is 0 Å². The van der Waals surface area contributed by atoms with E-state index in [0.29, 0.717) is 22.9 Å². The first kappa shape index (κ1) is 18.9. The molecule has 0 saturated heterocycles. The van der Waals surface area contributed by atoms with Crippen molar-refractivity contribution in [1.82, 2.24) is 9.97 Å². The number of hydrogen-bond donors (Lipinski definition) is 1. The van der Waals surface area contributed by atoms with Gasteiger partial charge in [0, 0.05) is 17.8 Å². The first-order valence-corrected chi connectivity index (χ1v) is 9.79. The molecule has 4 rings (SSSR count). The molecule has 1 amide bonds. The molecule has 0 spiro atoms. The molecule has 1 unspecified atom stereocenters. The Morgan fingerprint density at radius 1 is 1.14 bits per heavy atom. The van der Waals surface area contributed by atoms with E-state index in [2.05, 4.69) is 39.2 Å². The number of anilines is 3. The number of ether oxygens (including phenoxy) is 1. The van der Waals surface area contributed by atoms with Gasteiger partial charge in [-0.05, 0) is 51.0 Å². The van der Waals surface area contributed by atoms with Crippen molar-refractivity contribution in [3.8, 4) is 5.75 Å². The summed E-state index contributed by atoms with van der Waals surface area (Å²) in [5.41, 5.74) is 3.34. The Labute approximate surface area is 170 Å². The normalized spacial score (nSPS) is 15.3. The van der Waals surface area contributed by atoms with Gasteiger partial charge in [0.15, 0.2) is 0 Å². The lowest BCUT2D eigenvalue weighted by atomic mass is 10.1. The minimum absolute atomic E-state index is 0.00965. The number of fused-ring (bicyclic) bond motifs is 1. The molecule has 148 valence electrons. The molecule has 1 aliphatic rings. The largest absolute Gasteiger partial charge is 0.489 e. The van der Waals surface area contributed by atoms with Crippen LogP contribution in [0.1, 0.15) is 36.8 Å². The number of aromatic nitrogens is 2. The third-order valence-corrected chi connectivity index (χ3v) is 4.84. The highest BCUT2D eigenvalue weighted by Gasteiger charge is 2.28. The maximum absolute atomic E-state index is 12.9. The molecule has 1 N–H and O–H groups in total. The Hall–Kier alpha value is -3.41. The van der Waals surface area contributed by atoms with Gasteiger partial charge in [0.25, 0.3) is 5.91 Å². The molecule has 0 saturated carbocycles. The zero-order valence-corrected chi connectivity index (χ0v) is 16.8. The van der Waals surface area contributed by atoms with E-state index in [1.165, 1.54) is 11.9 Å². The predicted octanol–water partition coefficient (Wildman–Crippen LogP) is 4.60. The average Bonchev–Trinajstić information content (AvgIpc) is 3.05. The maximum atomic E-state index is 12.9. The van der Waals surface area contributed by atoms with E-state index in [9.17, 15) is 4.79 Å². The number of benzene rings is 2. The fraction of sp³-hybridized carbons (Fsp3) is 0.261. The van der Waals surface area contributed by atoms with E-state index in [-0.39, 0.29) is 18.1 Å². The van der Waals surface area contributed by atoms with Crippen molar-refractivity contribution in [3.63, 3.8) is 0 Å². The summed E-state index contributed by atoms with van der Waals surface area (Å²) >= 11 is 0. The Morgan fingerprint density at radius 3 is 2.72 bits per heavy atom. The number of nitrogens with one attached hydrogen (secondary N) is 1. The van der Waals surface area contributed by atoms with Gasteiger partial charge < -0.3 is 15.0 Å². The summed E-state index contributed by atoms with van der Waals surface area (Å²) in [6.07, 6.45) is 2.39. The topological polar surface area (TPSA) is 67.3 Å². The second-order valence-electron chi connectivity index (χ2n) is 7.43. The first-order chi connectivity index (χ1) is 14.0. The minimum Gasteiger partial charge on any atom is -0.489 e. The summed E-state index contributed by atoms with van der Waals surface area (Å²) in [6.45, 7) is 6.05. The van der Waals surface area contributed by atoms with Crippen molar-refractivity contribution in [2.24, 2.45) is 0 Å². The highest BCUT2D eigenvalue weighted by atomic mass is 16.5. The summed E-state index contributed by atoms with van der Waals surface area (Å²) in [5.74, 6) is 1.05. The average molecular weight is 388 g/mol. The zero-order valence-electron chi connectivity index (χ0n) is 16.8. The van der Waals surface area contributed by atoms with Crippen LogP contribution in [0.5, 0.6) is 5.75 Å². The van der Waals surface area contributed by atoms with Crippen molar-refractivity contribution < 1.29 is 9.53 Å². The van der Waals surface area contributed by atoms with E-state index in [1.807, 2.05) is 50.2 Å². The molecule has 6 heteroatoms. The predicted molar refractivity (Wildman–Crippen MR) is 114 cm³/mol. The Morgan fingerprint density at radius 2 is 1.90 bits per heavy atom. The van der Waals surface area contributed by atoms with Gasteiger partial charge in [-0.15, -0.1) is 0 Å². The molecule has 0 radical (unpaired) electrons. The van der Waals surface area contributed by atoms with Crippen molar-refractivity contribution in [1.29, 1.82) is 0 Å². The molecule has 29 heavy (non-hydrogen) atoms. The third-order valence-electron chi connectivity index (χ3n) is 4.84. The summed E-state index contributed by atoms with van der Waals surface area (Å²) in [6, 6.07) is 17.7. The lowest BCUT2D eigenvalue weighted by molar-refractivity contribution is 0.102. The number of hydrogen-bond acceptors (Lipinski definition) is 5. The summed E-state index contributed by atoms with van der Waals surface area (Å²) in [7, 11) is 0. The van der Waals surface area contributed by atoms with Crippen molar-refractivity contribution >= 4 is 23.1 Å². The van der Waals surface area contributed by atoms with Gasteiger partial charge in [-0.3, -0.25) is 4.79 Å². The van der Waals surface area contributed by atoms with Crippen LogP contribution in [-0.2, 0) is 6.42 Å². The molecule has 1 aromatic heterocycles. The Bertz CT molecular complexity index is 1030. The van der Waals surface area contributed by atoms with Crippen LogP contribution in [0.15, 0.2) is 60.9 Å². The van der Waals surface area contributed by atoms with Gasteiger partial charge in [-0.25, -0.2) is 9.97 Å². The van der Waals surface area contributed by atoms with E-state index >= 15 is 0 Å². The molecule has 0 fully saturated rings. The minimum atomic E-state index is -0.298. The van der Waals surface area contributed by atoms with Crippen LogP contribution in [0, 0.1) is 0 Å². The van der Waals surface area contributed by atoms with Gasteiger partial charge in [0.1, 0.15) is 23.6 Å². The van der Waals surface area contributed by atoms with Crippen LogP contribution in [0.3, 0.4) is 0 Å². The van der Waals surface area contributed by atoms with Crippen LogP contribution in [0.25, 0.3) is 0 Å². The molecule has 6 nitrogen and oxygen atoms in total. The number of amides is 1. The number of para-hydroxylation sites is 3. The van der Waals surface area contributed by atoms with Crippen LogP contribution in [0.2, 0.25) is 0 Å². The molecular weight excluding hydrogens is 364 g/mol. The highest BCUT2D eigenvalue weighted by Crippen LogP contribution is 2.37. The smallest absolute Gasteiger partial charge is 0.274 e. The SMILES string of the molecule is CC(C)Oc1ccccc1NC(=O)c1cc(N2c3ccccc3CC2C)ncn1. The Kier molecular flexibility index (Phi) is 5.16. The maximum Gasteiger partial charge on any atom is 0.274 e. The molecule has 1 atom stereocenters. The second-order valence-corrected chi connectivity index (χ2v) is 7.43. The van der Waals surface area contributed by atoms with E-state index in [1.54, 1.807) is 6.07 Å². The lowest BCUT2D eigenvalue weighted by Gasteiger charge is -2.24. The van der Waals surface area contributed by atoms with E-state index in [4.69, 9.17) is 4.74 Å². The zero-order chi connectivity index (χ0) is 20.4. The standard InChI is InChI=1S/C23H24N4O2/c1-15(2)29-21-11-7-5-9-18(21)26-23(28)19-13-22(25-14-24-19)27-16(3)12-17-8-4-6-10-20(17)27/h4-11,13-16H,12H2,1-3H3,(H,26,28). The van der Waals surface area contributed by atoms with Crippen LogP contribution in [0.4, 0.5) is 17.2 Å². The van der Waals surface area contributed by atoms with Crippen LogP contribution < -0.4 is 15.0 Å². The molecule has 1 aliphatic heterocycles. The summed E-state index contributed by atoms with van der Waals surface area (Å²) in [5, 5.41) is 2.91. The molecule has 3 aromatic rings. The quantitative estimate of drug-likeness (QED) is 0.692. The monoisotopic (exact) mass is 388 g/mol. The highest BCUT2D eigenvalue weighted by molar-refractivity contribution is 6.04. The van der Waals surface area contributed by atoms with Gasteiger partial charge in [0.2, 0.25) is 0 Å². The first-order valence-electron chi connectivity index (χ1n) is 9.79. The Balaban J connectivity index is 1.59. The van der Waals surface area contributed by atoms with Crippen molar-refractivity contribution in [2.45, 2.75) is 39.3 Å². The molecule has 0 bridgehead atoms. The number of rotatable bonds is 5. The van der Waals surface area contributed by atoms with Crippen molar-refractivity contribution in [2.75, 3.05) is 10.2 Å². The summed E-state index contributed by atoms with van der Waals surface area (Å²) < 4.78 is 5.78. The van der Waals surface area contributed by atoms with Crippen molar-refractivity contribution in [3.05, 3.63) is 72.2 Å². The molecule has 2 heterocycles. The van der Waals surface area contributed by atoms with Crippen LogP contribution in [-0.4, -0.2) is 28.0 Å². The van der Waals surface area contributed by atoms with Gasteiger partial charge in [0.05, 0.1) is 11.8 Å². The van der Waals surface area contributed by atoms with E-state index in [0.717, 1.165) is 12.1 Å².